The Kier molecular flexibility index (Phi) is 4.32. The molecule has 1 heterocycles. The minimum absolute atomic E-state index is 0.0868. The Bertz CT molecular complexity index is 673. The molecule has 1 aromatic heterocycles. The highest BCUT2D eigenvalue weighted by molar-refractivity contribution is 5.50. The highest BCUT2D eigenvalue weighted by atomic mass is 16.6. The molecule has 0 amide bonds. The van der Waals surface area contributed by atoms with Gasteiger partial charge in [0.1, 0.15) is 0 Å². The van der Waals surface area contributed by atoms with Gasteiger partial charge in [0, 0.05) is 24.4 Å². The standard InChI is InChI=1S/C14H16N4O3/c1-4-15-14-16-10(3)8-13(17-14)21-12-6-5-9(2)7-11(12)18(19)20/h5-8H,4H2,1-3H3,(H,15,16,17). The van der Waals surface area contributed by atoms with E-state index in [0.717, 1.165) is 5.56 Å². The van der Waals surface area contributed by atoms with Gasteiger partial charge in [-0.2, -0.15) is 4.98 Å². The summed E-state index contributed by atoms with van der Waals surface area (Å²) in [5.41, 5.74) is 1.42. The molecule has 0 saturated heterocycles. The fourth-order valence-electron chi connectivity index (χ4n) is 1.80. The van der Waals surface area contributed by atoms with Gasteiger partial charge in [-0.25, -0.2) is 4.98 Å². The van der Waals surface area contributed by atoms with E-state index < -0.39 is 4.92 Å². The first-order valence-electron chi connectivity index (χ1n) is 6.52. The summed E-state index contributed by atoms with van der Waals surface area (Å²) in [5, 5.41) is 14.1. The number of nitro groups is 1. The first-order chi connectivity index (χ1) is 9.99. The van der Waals surface area contributed by atoms with Gasteiger partial charge in [0.2, 0.25) is 17.6 Å². The number of benzene rings is 1. The van der Waals surface area contributed by atoms with Crippen molar-refractivity contribution in [2.45, 2.75) is 20.8 Å². The van der Waals surface area contributed by atoms with Gasteiger partial charge in [0.05, 0.1) is 4.92 Å². The molecule has 0 unspecified atom stereocenters. The lowest BCUT2D eigenvalue weighted by molar-refractivity contribution is -0.385. The maximum absolute atomic E-state index is 11.1. The molecule has 2 rings (SSSR count). The van der Waals surface area contributed by atoms with Crippen molar-refractivity contribution < 1.29 is 9.66 Å². The van der Waals surface area contributed by atoms with E-state index in [0.29, 0.717) is 18.2 Å². The van der Waals surface area contributed by atoms with E-state index in [9.17, 15) is 10.1 Å². The van der Waals surface area contributed by atoms with E-state index in [-0.39, 0.29) is 17.3 Å². The van der Waals surface area contributed by atoms with E-state index in [2.05, 4.69) is 15.3 Å². The van der Waals surface area contributed by atoms with Crippen molar-refractivity contribution in [3.63, 3.8) is 0 Å². The second kappa shape index (κ2) is 6.17. The highest BCUT2D eigenvalue weighted by Crippen LogP contribution is 2.31. The van der Waals surface area contributed by atoms with Crippen LogP contribution in [-0.2, 0) is 0 Å². The number of aryl methyl sites for hydroxylation is 2. The molecule has 21 heavy (non-hydrogen) atoms. The van der Waals surface area contributed by atoms with Crippen molar-refractivity contribution in [3.8, 4) is 11.6 Å². The maximum atomic E-state index is 11.1. The number of hydrogen-bond acceptors (Lipinski definition) is 6. The summed E-state index contributed by atoms with van der Waals surface area (Å²) in [6.07, 6.45) is 0. The van der Waals surface area contributed by atoms with Crippen molar-refractivity contribution in [2.75, 3.05) is 11.9 Å². The molecule has 0 fully saturated rings. The molecule has 1 N–H and O–H groups in total. The molecule has 0 spiro atoms. The maximum Gasteiger partial charge on any atom is 0.311 e. The van der Waals surface area contributed by atoms with Crippen LogP contribution in [0.3, 0.4) is 0 Å². The lowest BCUT2D eigenvalue weighted by Gasteiger charge is -2.08. The Morgan fingerprint density at radius 1 is 1.29 bits per heavy atom. The third kappa shape index (κ3) is 3.65. The number of ether oxygens (including phenoxy) is 1. The topological polar surface area (TPSA) is 90.2 Å². The van der Waals surface area contributed by atoms with Crippen molar-refractivity contribution >= 4 is 11.6 Å². The van der Waals surface area contributed by atoms with Crippen molar-refractivity contribution in [1.29, 1.82) is 0 Å². The number of rotatable bonds is 5. The summed E-state index contributed by atoms with van der Waals surface area (Å²) in [7, 11) is 0. The molecule has 0 aliphatic carbocycles. The fourth-order valence-corrected chi connectivity index (χ4v) is 1.80. The average Bonchev–Trinajstić information content (AvgIpc) is 2.40. The third-order valence-corrected chi connectivity index (χ3v) is 2.69. The first kappa shape index (κ1) is 14.7. The van der Waals surface area contributed by atoms with Gasteiger partial charge < -0.3 is 10.1 Å². The van der Waals surface area contributed by atoms with Crippen LogP contribution in [0.4, 0.5) is 11.6 Å². The predicted octanol–water partition coefficient (Wildman–Crippen LogP) is 3.23. The lowest BCUT2D eigenvalue weighted by atomic mass is 10.2. The molecule has 0 saturated carbocycles. The van der Waals surface area contributed by atoms with E-state index in [1.165, 1.54) is 6.07 Å². The number of nitrogens with one attached hydrogen (secondary N) is 1. The van der Waals surface area contributed by atoms with Gasteiger partial charge in [-0.15, -0.1) is 0 Å². The second-order valence-corrected chi connectivity index (χ2v) is 4.53. The van der Waals surface area contributed by atoms with Crippen molar-refractivity contribution in [3.05, 3.63) is 45.6 Å². The second-order valence-electron chi connectivity index (χ2n) is 4.53. The Morgan fingerprint density at radius 3 is 2.71 bits per heavy atom. The van der Waals surface area contributed by atoms with Crippen molar-refractivity contribution in [2.24, 2.45) is 0 Å². The molecular weight excluding hydrogens is 272 g/mol. The van der Waals surface area contributed by atoms with Gasteiger partial charge in [0.25, 0.3) is 0 Å². The number of hydrogen-bond donors (Lipinski definition) is 1. The number of nitrogens with zero attached hydrogens (tertiary/aromatic N) is 3. The molecule has 2 aromatic rings. The van der Waals surface area contributed by atoms with Crippen LogP contribution >= 0.6 is 0 Å². The van der Waals surface area contributed by atoms with Crippen LogP contribution in [0.5, 0.6) is 11.6 Å². The van der Waals surface area contributed by atoms with Crippen LogP contribution in [0.1, 0.15) is 18.2 Å². The summed E-state index contributed by atoms with van der Waals surface area (Å²) in [6, 6.07) is 6.42. The molecule has 0 radical (unpaired) electrons. The fraction of sp³-hybridized carbons (Fsp3) is 0.286. The quantitative estimate of drug-likeness (QED) is 0.671. The summed E-state index contributed by atoms with van der Waals surface area (Å²) < 4.78 is 5.56. The van der Waals surface area contributed by atoms with E-state index in [1.807, 2.05) is 6.92 Å². The Hall–Kier alpha value is -2.70. The number of anilines is 1. The van der Waals surface area contributed by atoms with Crippen LogP contribution in [0, 0.1) is 24.0 Å². The van der Waals surface area contributed by atoms with Crippen LogP contribution in [-0.4, -0.2) is 21.4 Å². The smallest absolute Gasteiger partial charge is 0.311 e. The number of nitro benzene ring substituents is 1. The molecule has 0 aliphatic heterocycles. The molecule has 7 heteroatoms. The zero-order valence-corrected chi connectivity index (χ0v) is 12.1. The molecule has 0 atom stereocenters. The third-order valence-electron chi connectivity index (χ3n) is 2.69. The van der Waals surface area contributed by atoms with Crippen LogP contribution in [0.25, 0.3) is 0 Å². The minimum Gasteiger partial charge on any atom is -0.432 e. The molecular formula is C14H16N4O3. The summed E-state index contributed by atoms with van der Waals surface area (Å²) >= 11 is 0. The Labute approximate surface area is 122 Å². The lowest BCUT2D eigenvalue weighted by Crippen LogP contribution is -2.04. The van der Waals surface area contributed by atoms with Gasteiger partial charge in [-0.3, -0.25) is 10.1 Å². The van der Waals surface area contributed by atoms with Gasteiger partial charge in [0.15, 0.2) is 0 Å². The normalized spacial score (nSPS) is 10.2. The zero-order chi connectivity index (χ0) is 15.4. The predicted molar refractivity (Wildman–Crippen MR) is 78.8 cm³/mol. The monoisotopic (exact) mass is 288 g/mol. The average molecular weight is 288 g/mol. The van der Waals surface area contributed by atoms with E-state index in [4.69, 9.17) is 4.74 Å². The Morgan fingerprint density at radius 2 is 2.05 bits per heavy atom. The largest absolute Gasteiger partial charge is 0.432 e. The van der Waals surface area contributed by atoms with E-state index >= 15 is 0 Å². The zero-order valence-electron chi connectivity index (χ0n) is 12.1. The molecule has 7 nitrogen and oxygen atoms in total. The van der Waals surface area contributed by atoms with Crippen LogP contribution in [0.15, 0.2) is 24.3 Å². The van der Waals surface area contributed by atoms with Crippen LogP contribution in [0.2, 0.25) is 0 Å². The van der Waals surface area contributed by atoms with Gasteiger partial charge >= 0.3 is 5.69 Å². The van der Waals surface area contributed by atoms with Gasteiger partial charge in [-0.1, -0.05) is 6.07 Å². The summed E-state index contributed by atoms with van der Waals surface area (Å²) in [5.74, 6) is 0.860. The summed E-state index contributed by atoms with van der Waals surface area (Å²) in [4.78, 5) is 19.0. The summed E-state index contributed by atoms with van der Waals surface area (Å²) in [6.45, 7) is 6.19. The first-order valence-corrected chi connectivity index (χ1v) is 6.52. The van der Waals surface area contributed by atoms with Gasteiger partial charge in [-0.05, 0) is 32.4 Å². The molecule has 110 valence electrons. The Balaban J connectivity index is 2.36. The highest BCUT2D eigenvalue weighted by Gasteiger charge is 2.16. The number of aromatic nitrogens is 2. The molecule has 0 aliphatic rings. The van der Waals surface area contributed by atoms with Crippen LogP contribution < -0.4 is 10.1 Å². The molecule has 0 bridgehead atoms. The molecule has 1 aromatic carbocycles. The van der Waals surface area contributed by atoms with E-state index in [1.54, 1.807) is 32.0 Å². The minimum atomic E-state index is -0.471. The SMILES string of the molecule is CCNc1nc(C)cc(Oc2ccc(C)cc2[N+](=O)[O-])n1. The van der Waals surface area contributed by atoms with Crippen molar-refractivity contribution in [1.82, 2.24) is 9.97 Å².